The number of aromatic nitrogens is 2. The van der Waals surface area contributed by atoms with Crippen LogP contribution in [0.15, 0.2) is 30.3 Å². The molecule has 0 aliphatic carbocycles. The van der Waals surface area contributed by atoms with E-state index in [-0.39, 0.29) is 16.3 Å². The molecular formula is C14H9ClN4O3S. The molecule has 0 unspecified atom stereocenters. The fourth-order valence-corrected chi connectivity index (χ4v) is 2.82. The number of anilines is 1. The molecule has 0 saturated heterocycles. The number of carbonyl (C=O) groups excluding carboxylic acids is 1. The smallest absolute Gasteiger partial charge is 0.288 e. The van der Waals surface area contributed by atoms with Gasteiger partial charge >= 0.3 is 0 Å². The first-order chi connectivity index (χ1) is 11.0. The van der Waals surface area contributed by atoms with Gasteiger partial charge in [0.05, 0.1) is 22.3 Å². The van der Waals surface area contributed by atoms with E-state index in [1.807, 2.05) is 19.1 Å². The van der Waals surface area contributed by atoms with Crippen LogP contribution < -0.4 is 5.32 Å². The molecule has 0 fully saturated rings. The van der Waals surface area contributed by atoms with E-state index in [0.717, 1.165) is 23.4 Å². The molecular weight excluding hydrogens is 340 g/mol. The molecule has 1 heterocycles. The fourth-order valence-electron chi connectivity index (χ4n) is 2.09. The zero-order valence-corrected chi connectivity index (χ0v) is 13.3. The summed E-state index contributed by atoms with van der Waals surface area (Å²) in [6.07, 6.45) is 0. The molecule has 2 aromatic carbocycles. The van der Waals surface area contributed by atoms with Crippen LogP contribution in [0.25, 0.3) is 11.0 Å². The number of fused-ring (bicyclic) bond motifs is 1. The molecule has 9 heteroatoms. The van der Waals surface area contributed by atoms with E-state index in [9.17, 15) is 14.9 Å². The Kier molecular flexibility index (Phi) is 3.93. The molecule has 0 spiro atoms. The Morgan fingerprint density at radius 3 is 2.83 bits per heavy atom. The lowest BCUT2D eigenvalue weighted by Crippen LogP contribution is -2.13. The number of hydrogen-bond acceptors (Lipinski definition) is 6. The minimum Gasteiger partial charge on any atom is -0.320 e. The summed E-state index contributed by atoms with van der Waals surface area (Å²) in [5, 5.41) is 13.6. The van der Waals surface area contributed by atoms with Gasteiger partial charge in [-0.1, -0.05) is 17.7 Å². The third-order valence-electron chi connectivity index (χ3n) is 3.28. The summed E-state index contributed by atoms with van der Waals surface area (Å²) in [7, 11) is 0. The lowest BCUT2D eigenvalue weighted by molar-refractivity contribution is -0.384. The Morgan fingerprint density at radius 2 is 2.09 bits per heavy atom. The standard InChI is InChI=1S/C14H9ClN4O3S/c1-7-2-5-10-13(18-23-17-10)12(7)16-14(20)8-3-4-9(15)11(6-8)19(21)22/h2-6H,1H3,(H,16,20). The molecule has 0 aliphatic heterocycles. The van der Waals surface area contributed by atoms with Gasteiger partial charge in [0.2, 0.25) is 0 Å². The van der Waals surface area contributed by atoms with Crippen LogP contribution in [0.1, 0.15) is 15.9 Å². The Balaban J connectivity index is 1.98. The maximum atomic E-state index is 12.4. The second-order valence-electron chi connectivity index (χ2n) is 4.77. The number of nitro benzene ring substituents is 1. The molecule has 0 saturated carbocycles. The SMILES string of the molecule is Cc1ccc2nsnc2c1NC(=O)c1ccc(Cl)c([N+](=O)[O-])c1. The topological polar surface area (TPSA) is 98.0 Å². The Morgan fingerprint density at radius 1 is 1.30 bits per heavy atom. The van der Waals surface area contributed by atoms with Crippen molar-refractivity contribution < 1.29 is 9.72 Å². The average molecular weight is 349 g/mol. The molecule has 0 atom stereocenters. The van der Waals surface area contributed by atoms with Gasteiger partial charge in [0.15, 0.2) is 0 Å². The van der Waals surface area contributed by atoms with Crippen LogP contribution in [0.5, 0.6) is 0 Å². The lowest BCUT2D eigenvalue weighted by atomic mass is 10.1. The van der Waals surface area contributed by atoms with Crippen LogP contribution in [0, 0.1) is 17.0 Å². The molecule has 1 N–H and O–H groups in total. The fraction of sp³-hybridized carbons (Fsp3) is 0.0714. The lowest BCUT2D eigenvalue weighted by Gasteiger charge is -2.09. The highest BCUT2D eigenvalue weighted by Crippen LogP contribution is 2.28. The number of rotatable bonds is 3. The van der Waals surface area contributed by atoms with E-state index in [1.165, 1.54) is 12.1 Å². The number of amides is 1. The molecule has 0 bridgehead atoms. The summed E-state index contributed by atoms with van der Waals surface area (Å²) in [6.45, 7) is 1.83. The van der Waals surface area contributed by atoms with Gasteiger partial charge < -0.3 is 5.32 Å². The summed E-state index contributed by atoms with van der Waals surface area (Å²) in [4.78, 5) is 22.7. The molecule has 1 amide bonds. The van der Waals surface area contributed by atoms with E-state index in [1.54, 1.807) is 0 Å². The molecule has 23 heavy (non-hydrogen) atoms. The molecule has 3 rings (SSSR count). The summed E-state index contributed by atoms with van der Waals surface area (Å²) in [5.74, 6) is -0.478. The van der Waals surface area contributed by atoms with Crippen LogP contribution in [-0.4, -0.2) is 19.6 Å². The van der Waals surface area contributed by atoms with Crippen molar-refractivity contribution >= 4 is 51.6 Å². The monoisotopic (exact) mass is 348 g/mol. The van der Waals surface area contributed by atoms with Gasteiger partial charge in [0.1, 0.15) is 16.1 Å². The van der Waals surface area contributed by atoms with Gasteiger partial charge in [0.25, 0.3) is 11.6 Å². The van der Waals surface area contributed by atoms with E-state index in [4.69, 9.17) is 11.6 Å². The van der Waals surface area contributed by atoms with Gasteiger partial charge in [-0.05, 0) is 30.7 Å². The van der Waals surface area contributed by atoms with Gasteiger partial charge in [-0.2, -0.15) is 8.75 Å². The first-order valence-electron chi connectivity index (χ1n) is 6.44. The largest absolute Gasteiger partial charge is 0.320 e. The molecule has 116 valence electrons. The van der Waals surface area contributed by atoms with Crippen LogP contribution in [0.3, 0.4) is 0 Å². The highest BCUT2D eigenvalue weighted by Gasteiger charge is 2.18. The van der Waals surface area contributed by atoms with Crippen molar-refractivity contribution in [1.82, 2.24) is 8.75 Å². The van der Waals surface area contributed by atoms with Gasteiger partial charge in [-0.3, -0.25) is 14.9 Å². The van der Waals surface area contributed by atoms with Crippen molar-refractivity contribution in [3.05, 3.63) is 56.6 Å². The summed E-state index contributed by atoms with van der Waals surface area (Å²) >= 11 is 6.80. The first-order valence-corrected chi connectivity index (χ1v) is 7.55. The zero-order valence-electron chi connectivity index (χ0n) is 11.7. The predicted octanol–water partition coefficient (Wildman–Crippen LogP) is 3.81. The average Bonchev–Trinajstić information content (AvgIpc) is 2.99. The summed E-state index contributed by atoms with van der Waals surface area (Å²) < 4.78 is 8.29. The molecule has 0 aliphatic rings. The van der Waals surface area contributed by atoms with Gasteiger partial charge in [-0.15, -0.1) is 0 Å². The minimum absolute atomic E-state index is 0.0199. The summed E-state index contributed by atoms with van der Waals surface area (Å²) in [6, 6.07) is 7.54. The van der Waals surface area contributed by atoms with Crippen molar-refractivity contribution in [1.29, 1.82) is 0 Å². The van der Waals surface area contributed by atoms with Crippen LogP contribution in [0.4, 0.5) is 11.4 Å². The van der Waals surface area contributed by atoms with E-state index >= 15 is 0 Å². The molecule has 3 aromatic rings. The van der Waals surface area contributed by atoms with E-state index in [2.05, 4.69) is 14.1 Å². The summed E-state index contributed by atoms with van der Waals surface area (Å²) in [5.41, 5.74) is 2.45. The first kappa shape index (κ1) is 15.3. The second-order valence-corrected chi connectivity index (χ2v) is 5.70. The third-order valence-corrected chi connectivity index (χ3v) is 4.14. The van der Waals surface area contributed by atoms with Crippen molar-refractivity contribution in [3.63, 3.8) is 0 Å². The highest BCUT2D eigenvalue weighted by atomic mass is 35.5. The van der Waals surface area contributed by atoms with E-state index in [0.29, 0.717) is 16.7 Å². The van der Waals surface area contributed by atoms with Crippen molar-refractivity contribution in [3.8, 4) is 0 Å². The van der Waals surface area contributed by atoms with Crippen LogP contribution >= 0.6 is 23.3 Å². The normalized spacial score (nSPS) is 10.7. The van der Waals surface area contributed by atoms with Crippen molar-refractivity contribution in [2.45, 2.75) is 6.92 Å². The Hall–Kier alpha value is -2.58. The third kappa shape index (κ3) is 2.86. The zero-order chi connectivity index (χ0) is 16.6. The maximum absolute atomic E-state index is 12.4. The van der Waals surface area contributed by atoms with Crippen molar-refractivity contribution in [2.75, 3.05) is 5.32 Å². The van der Waals surface area contributed by atoms with Gasteiger partial charge in [-0.25, -0.2) is 0 Å². The number of hydrogen-bond donors (Lipinski definition) is 1. The second kappa shape index (κ2) is 5.90. The minimum atomic E-state index is -0.630. The number of halogens is 1. The molecule has 7 nitrogen and oxygen atoms in total. The molecule has 1 aromatic heterocycles. The quantitative estimate of drug-likeness (QED) is 0.573. The van der Waals surface area contributed by atoms with E-state index < -0.39 is 10.8 Å². The Bertz CT molecular complexity index is 941. The van der Waals surface area contributed by atoms with Crippen LogP contribution in [-0.2, 0) is 0 Å². The Labute approximate surface area is 139 Å². The number of nitrogens with zero attached hydrogens (tertiary/aromatic N) is 3. The maximum Gasteiger partial charge on any atom is 0.288 e. The van der Waals surface area contributed by atoms with Gasteiger partial charge in [0, 0.05) is 11.6 Å². The number of carbonyl (C=O) groups is 1. The molecule has 0 radical (unpaired) electrons. The van der Waals surface area contributed by atoms with Crippen LogP contribution in [0.2, 0.25) is 5.02 Å². The van der Waals surface area contributed by atoms with Crippen molar-refractivity contribution in [2.24, 2.45) is 0 Å². The number of benzene rings is 2. The number of nitro groups is 1. The number of aryl methyl sites for hydroxylation is 1. The number of nitrogens with one attached hydrogen (secondary N) is 1. The predicted molar refractivity (Wildman–Crippen MR) is 88.2 cm³/mol. The highest BCUT2D eigenvalue weighted by molar-refractivity contribution is 7.00.